The van der Waals surface area contributed by atoms with Gasteiger partial charge in [0.15, 0.2) is 0 Å². The van der Waals surface area contributed by atoms with Crippen molar-refractivity contribution in [2.75, 3.05) is 52.1 Å². The molecule has 166 valence electrons. The van der Waals surface area contributed by atoms with Gasteiger partial charge in [-0.3, -0.25) is 14.5 Å². The molecule has 8 heteroatoms. The van der Waals surface area contributed by atoms with E-state index in [1.807, 2.05) is 18.0 Å². The Bertz CT molecular complexity index is 747. The van der Waals surface area contributed by atoms with Crippen LogP contribution in [0.15, 0.2) is 6.07 Å². The molecule has 1 atom stereocenters. The maximum Gasteiger partial charge on any atom is 0.236 e. The topological polar surface area (TPSA) is 81.7 Å². The number of hydrogen-bond acceptors (Lipinski definition) is 6. The molecule has 0 spiro atoms. The summed E-state index contributed by atoms with van der Waals surface area (Å²) in [5.74, 6) is 2.79. The second-order valence-electron chi connectivity index (χ2n) is 8.87. The first-order valence-electron chi connectivity index (χ1n) is 11.1. The standard InChI is InChI=1S/C22H36N6O2/c1-16-6-5-9-28(13-16)21(30)15-27-10-7-18(8-11-27)22-24-19(12-20(23-3)25-22)14-26(4)17(2)29/h12,16,18H,5-11,13-15H2,1-4H3,(H,23,24,25). The summed E-state index contributed by atoms with van der Waals surface area (Å²) in [6.07, 6.45) is 4.23. The second kappa shape index (κ2) is 10.2. The molecule has 0 aromatic carbocycles. The minimum Gasteiger partial charge on any atom is -0.373 e. The first-order chi connectivity index (χ1) is 14.4. The van der Waals surface area contributed by atoms with E-state index in [1.54, 1.807) is 18.9 Å². The van der Waals surface area contributed by atoms with Crippen molar-refractivity contribution >= 4 is 17.6 Å². The molecule has 1 N–H and O–H groups in total. The highest BCUT2D eigenvalue weighted by molar-refractivity contribution is 5.78. The zero-order valence-corrected chi connectivity index (χ0v) is 18.9. The number of nitrogens with zero attached hydrogens (tertiary/aromatic N) is 5. The molecule has 1 aromatic heterocycles. The molecule has 8 nitrogen and oxygen atoms in total. The van der Waals surface area contributed by atoms with Gasteiger partial charge in [-0.25, -0.2) is 9.97 Å². The van der Waals surface area contributed by atoms with E-state index in [1.165, 1.54) is 6.42 Å². The van der Waals surface area contributed by atoms with Crippen LogP contribution in [0.4, 0.5) is 5.82 Å². The molecule has 2 fully saturated rings. The lowest BCUT2D eigenvalue weighted by Gasteiger charge is -2.35. The number of likely N-dealkylation sites (tertiary alicyclic amines) is 2. The van der Waals surface area contributed by atoms with E-state index in [-0.39, 0.29) is 17.7 Å². The highest BCUT2D eigenvalue weighted by Gasteiger charge is 2.27. The molecular weight excluding hydrogens is 380 g/mol. The van der Waals surface area contributed by atoms with Gasteiger partial charge < -0.3 is 15.1 Å². The number of aromatic nitrogens is 2. The smallest absolute Gasteiger partial charge is 0.236 e. The van der Waals surface area contributed by atoms with E-state index in [0.29, 0.717) is 19.0 Å². The van der Waals surface area contributed by atoms with Gasteiger partial charge >= 0.3 is 0 Å². The normalized spacial score (nSPS) is 20.8. The van der Waals surface area contributed by atoms with Crippen LogP contribution in [0.3, 0.4) is 0 Å². The van der Waals surface area contributed by atoms with Gasteiger partial charge in [0.05, 0.1) is 18.8 Å². The number of carbonyl (C=O) groups is 2. The predicted octanol–water partition coefficient (Wildman–Crippen LogP) is 1.93. The lowest BCUT2D eigenvalue weighted by molar-refractivity contribution is -0.134. The Kier molecular flexibility index (Phi) is 7.64. The molecule has 1 unspecified atom stereocenters. The van der Waals surface area contributed by atoms with Crippen LogP contribution in [0.1, 0.15) is 57.0 Å². The lowest BCUT2D eigenvalue weighted by atomic mass is 9.95. The third-order valence-corrected chi connectivity index (χ3v) is 6.31. The molecule has 2 saturated heterocycles. The van der Waals surface area contributed by atoms with Gasteiger partial charge in [-0.1, -0.05) is 6.92 Å². The summed E-state index contributed by atoms with van der Waals surface area (Å²) in [6.45, 7) is 8.35. The molecule has 2 amide bonds. The largest absolute Gasteiger partial charge is 0.373 e. The summed E-state index contributed by atoms with van der Waals surface area (Å²) < 4.78 is 0. The van der Waals surface area contributed by atoms with Gasteiger partial charge in [0.2, 0.25) is 11.8 Å². The van der Waals surface area contributed by atoms with Crippen LogP contribution in [0.5, 0.6) is 0 Å². The van der Waals surface area contributed by atoms with Crippen LogP contribution in [0, 0.1) is 5.92 Å². The Balaban J connectivity index is 1.57. The van der Waals surface area contributed by atoms with Crippen molar-refractivity contribution in [3.8, 4) is 0 Å². The van der Waals surface area contributed by atoms with E-state index in [9.17, 15) is 9.59 Å². The van der Waals surface area contributed by atoms with Crippen molar-refractivity contribution in [3.05, 3.63) is 17.6 Å². The van der Waals surface area contributed by atoms with Gasteiger partial charge in [-0.05, 0) is 44.7 Å². The highest BCUT2D eigenvalue weighted by Crippen LogP contribution is 2.27. The van der Waals surface area contributed by atoms with E-state index >= 15 is 0 Å². The first-order valence-corrected chi connectivity index (χ1v) is 11.1. The minimum atomic E-state index is 0.0160. The van der Waals surface area contributed by atoms with Crippen LogP contribution < -0.4 is 5.32 Å². The van der Waals surface area contributed by atoms with Crippen molar-refractivity contribution in [1.29, 1.82) is 0 Å². The van der Waals surface area contributed by atoms with Crippen LogP contribution in [-0.4, -0.2) is 83.3 Å². The molecule has 0 bridgehead atoms. The van der Waals surface area contributed by atoms with E-state index in [4.69, 9.17) is 4.98 Å². The van der Waals surface area contributed by atoms with Gasteiger partial charge in [0, 0.05) is 46.1 Å². The van der Waals surface area contributed by atoms with E-state index in [0.717, 1.165) is 62.8 Å². The van der Waals surface area contributed by atoms with Crippen LogP contribution in [0.25, 0.3) is 0 Å². The van der Waals surface area contributed by atoms with Crippen LogP contribution in [-0.2, 0) is 16.1 Å². The average Bonchev–Trinajstić information content (AvgIpc) is 2.73. The summed E-state index contributed by atoms with van der Waals surface area (Å²) >= 11 is 0. The van der Waals surface area contributed by atoms with Crippen molar-refractivity contribution in [1.82, 2.24) is 24.7 Å². The Morgan fingerprint density at radius 2 is 1.93 bits per heavy atom. The lowest BCUT2D eigenvalue weighted by Crippen LogP contribution is -2.46. The van der Waals surface area contributed by atoms with Gasteiger partial charge in [0.25, 0.3) is 0 Å². The Labute approximate surface area is 180 Å². The van der Waals surface area contributed by atoms with Crippen molar-refractivity contribution < 1.29 is 9.59 Å². The fourth-order valence-corrected chi connectivity index (χ4v) is 4.32. The third kappa shape index (κ3) is 5.90. The number of anilines is 1. The van der Waals surface area contributed by atoms with Crippen molar-refractivity contribution in [3.63, 3.8) is 0 Å². The number of hydrogen-bond donors (Lipinski definition) is 1. The number of nitrogens with one attached hydrogen (secondary N) is 1. The second-order valence-corrected chi connectivity index (χ2v) is 8.87. The molecule has 0 saturated carbocycles. The molecule has 1 aromatic rings. The Morgan fingerprint density at radius 3 is 2.57 bits per heavy atom. The maximum atomic E-state index is 12.7. The SMILES string of the molecule is CNc1cc(CN(C)C(C)=O)nc(C2CCN(CC(=O)N3CCCC(C)C3)CC2)n1. The molecular formula is C22H36N6O2. The number of rotatable bonds is 6. The number of carbonyl (C=O) groups excluding carboxylic acids is 2. The summed E-state index contributed by atoms with van der Waals surface area (Å²) in [7, 11) is 3.63. The van der Waals surface area contributed by atoms with E-state index < -0.39 is 0 Å². The molecule has 2 aliphatic heterocycles. The zero-order valence-electron chi connectivity index (χ0n) is 18.9. The van der Waals surface area contributed by atoms with Crippen molar-refractivity contribution in [2.45, 2.75) is 52.0 Å². The molecule has 3 rings (SSSR count). The number of amides is 2. The molecule has 2 aliphatic rings. The fourth-order valence-electron chi connectivity index (χ4n) is 4.32. The fraction of sp³-hybridized carbons (Fsp3) is 0.727. The maximum absolute atomic E-state index is 12.7. The Morgan fingerprint density at radius 1 is 1.20 bits per heavy atom. The summed E-state index contributed by atoms with van der Waals surface area (Å²) in [5, 5.41) is 3.11. The van der Waals surface area contributed by atoms with E-state index in [2.05, 4.69) is 22.1 Å². The van der Waals surface area contributed by atoms with Gasteiger partial charge in [-0.15, -0.1) is 0 Å². The minimum absolute atomic E-state index is 0.0160. The molecule has 3 heterocycles. The Hall–Kier alpha value is -2.22. The zero-order chi connectivity index (χ0) is 21.7. The van der Waals surface area contributed by atoms with Crippen LogP contribution in [0.2, 0.25) is 0 Å². The third-order valence-electron chi connectivity index (χ3n) is 6.31. The molecule has 30 heavy (non-hydrogen) atoms. The highest BCUT2D eigenvalue weighted by atomic mass is 16.2. The molecule has 0 aliphatic carbocycles. The summed E-state index contributed by atoms with van der Waals surface area (Å²) in [4.78, 5) is 39.6. The van der Waals surface area contributed by atoms with Gasteiger partial charge in [-0.2, -0.15) is 0 Å². The average molecular weight is 417 g/mol. The number of piperidine rings is 2. The predicted molar refractivity (Wildman–Crippen MR) is 117 cm³/mol. The summed E-state index contributed by atoms with van der Waals surface area (Å²) in [5.41, 5.74) is 0.846. The monoisotopic (exact) mass is 416 g/mol. The quantitative estimate of drug-likeness (QED) is 0.763. The summed E-state index contributed by atoms with van der Waals surface area (Å²) in [6, 6.07) is 1.90. The molecule has 0 radical (unpaired) electrons. The van der Waals surface area contributed by atoms with Gasteiger partial charge in [0.1, 0.15) is 11.6 Å². The van der Waals surface area contributed by atoms with Crippen molar-refractivity contribution in [2.24, 2.45) is 5.92 Å². The van der Waals surface area contributed by atoms with Crippen LogP contribution >= 0.6 is 0 Å². The first kappa shape index (κ1) is 22.5.